The van der Waals surface area contributed by atoms with Crippen LogP contribution in [0.3, 0.4) is 0 Å². The Morgan fingerprint density at radius 1 is 1.50 bits per heavy atom. The number of hydrogen-bond donors (Lipinski definition) is 1. The Labute approximate surface area is 88.6 Å². The van der Waals surface area contributed by atoms with Gasteiger partial charge in [0.1, 0.15) is 6.10 Å². The van der Waals surface area contributed by atoms with Crippen LogP contribution in [0.2, 0.25) is 0 Å². The van der Waals surface area contributed by atoms with Crippen molar-refractivity contribution in [2.24, 2.45) is 5.92 Å². The molecule has 2 nitrogen and oxygen atoms in total. The van der Waals surface area contributed by atoms with E-state index in [2.05, 4.69) is 13.8 Å². The SMILES string of the molecule is CC(C)CCC(O)C(=O)c1cccs1. The minimum absolute atomic E-state index is 0.138. The third kappa shape index (κ3) is 3.24. The Balaban J connectivity index is 2.45. The fourth-order valence-corrected chi connectivity index (χ4v) is 1.92. The highest BCUT2D eigenvalue weighted by atomic mass is 32.1. The van der Waals surface area contributed by atoms with E-state index in [4.69, 9.17) is 0 Å². The molecule has 0 aliphatic carbocycles. The number of carbonyl (C=O) groups excluding carboxylic acids is 1. The molecule has 1 atom stereocenters. The molecule has 1 aromatic rings. The van der Waals surface area contributed by atoms with Crippen LogP contribution in [0, 0.1) is 5.92 Å². The number of hydrogen-bond acceptors (Lipinski definition) is 3. The van der Waals surface area contributed by atoms with Crippen molar-refractivity contribution in [3.8, 4) is 0 Å². The summed E-state index contributed by atoms with van der Waals surface area (Å²) in [6, 6.07) is 3.58. The third-order valence-corrected chi connectivity index (χ3v) is 2.97. The molecule has 14 heavy (non-hydrogen) atoms. The summed E-state index contributed by atoms with van der Waals surface area (Å²) in [6.07, 6.45) is 0.628. The molecule has 0 amide bonds. The molecule has 0 aromatic carbocycles. The zero-order valence-corrected chi connectivity index (χ0v) is 9.38. The zero-order chi connectivity index (χ0) is 10.6. The molecular formula is C11H16O2S. The number of rotatable bonds is 5. The minimum Gasteiger partial charge on any atom is -0.385 e. The monoisotopic (exact) mass is 212 g/mol. The fourth-order valence-electron chi connectivity index (χ4n) is 1.21. The molecule has 0 fully saturated rings. The van der Waals surface area contributed by atoms with Crippen LogP contribution < -0.4 is 0 Å². The summed E-state index contributed by atoms with van der Waals surface area (Å²) >= 11 is 1.38. The van der Waals surface area contributed by atoms with Gasteiger partial charge >= 0.3 is 0 Å². The number of carbonyl (C=O) groups is 1. The van der Waals surface area contributed by atoms with Gasteiger partial charge in [-0.05, 0) is 30.2 Å². The summed E-state index contributed by atoms with van der Waals surface area (Å²) in [4.78, 5) is 12.2. The second-order valence-corrected chi connectivity index (χ2v) is 4.78. The lowest BCUT2D eigenvalue weighted by Crippen LogP contribution is -2.19. The first-order valence-corrected chi connectivity index (χ1v) is 5.75. The summed E-state index contributed by atoms with van der Waals surface area (Å²) in [5.41, 5.74) is 0. The van der Waals surface area contributed by atoms with Crippen LogP contribution in [-0.2, 0) is 0 Å². The Morgan fingerprint density at radius 3 is 2.71 bits per heavy atom. The highest BCUT2D eigenvalue weighted by Gasteiger charge is 2.17. The van der Waals surface area contributed by atoms with Gasteiger partial charge in [-0.25, -0.2) is 0 Å². The Hall–Kier alpha value is -0.670. The second-order valence-electron chi connectivity index (χ2n) is 3.83. The molecule has 3 heteroatoms. The smallest absolute Gasteiger partial charge is 0.201 e. The van der Waals surface area contributed by atoms with E-state index >= 15 is 0 Å². The van der Waals surface area contributed by atoms with Gasteiger partial charge in [-0.3, -0.25) is 4.79 Å². The van der Waals surface area contributed by atoms with E-state index in [9.17, 15) is 9.90 Å². The predicted molar refractivity (Wildman–Crippen MR) is 58.7 cm³/mol. The van der Waals surface area contributed by atoms with Gasteiger partial charge in [0.25, 0.3) is 0 Å². The number of Topliss-reactive ketones (excluding diaryl/α,β-unsaturated/α-hetero) is 1. The van der Waals surface area contributed by atoms with E-state index in [0.717, 1.165) is 6.42 Å². The molecule has 1 N–H and O–H groups in total. The third-order valence-electron chi connectivity index (χ3n) is 2.08. The second kappa shape index (κ2) is 5.27. The Morgan fingerprint density at radius 2 is 2.21 bits per heavy atom. The van der Waals surface area contributed by atoms with Gasteiger partial charge in [-0.15, -0.1) is 11.3 Å². The fraction of sp³-hybridized carbons (Fsp3) is 0.545. The van der Waals surface area contributed by atoms with Crippen molar-refractivity contribution in [3.05, 3.63) is 22.4 Å². The molecule has 0 bridgehead atoms. The number of thiophene rings is 1. The lowest BCUT2D eigenvalue weighted by atomic mass is 10.0. The molecule has 0 saturated heterocycles. The normalized spacial score (nSPS) is 13.1. The van der Waals surface area contributed by atoms with Crippen LogP contribution in [0.1, 0.15) is 36.4 Å². The first-order chi connectivity index (χ1) is 6.61. The van der Waals surface area contributed by atoms with Gasteiger partial charge in [0, 0.05) is 0 Å². The molecule has 0 aliphatic heterocycles. The van der Waals surface area contributed by atoms with Crippen molar-refractivity contribution >= 4 is 17.1 Å². The molecule has 0 spiro atoms. The standard InChI is InChI=1S/C11H16O2S/c1-8(2)5-6-9(12)11(13)10-4-3-7-14-10/h3-4,7-9,12H,5-6H2,1-2H3. The molecule has 0 saturated carbocycles. The van der Waals surface area contributed by atoms with Gasteiger partial charge in [-0.1, -0.05) is 19.9 Å². The average molecular weight is 212 g/mol. The van der Waals surface area contributed by atoms with E-state index in [-0.39, 0.29) is 5.78 Å². The summed E-state index contributed by atoms with van der Waals surface area (Å²) in [5, 5.41) is 11.4. The van der Waals surface area contributed by atoms with Gasteiger partial charge in [0.15, 0.2) is 0 Å². The molecule has 1 unspecified atom stereocenters. The Bertz CT molecular complexity index is 277. The van der Waals surface area contributed by atoms with Gasteiger partial charge in [-0.2, -0.15) is 0 Å². The van der Waals surface area contributed by atoms with E-state index in [1.165, 1.54) is 11.3 Å². The maximum absolute atomic E-state index is 11.6. The zero-order valence-electron chi connectivity index (χ0n) is 8.56. The number of aliphatic hydroxyl groups excluding tert-OH is 1. The quantitative estimate of drug-likeness (QED) is 0.762. The molecule has 1 rings (SSSR count). The largest absolute Gasteiger partial charge is 0.385 e. The lowest BCUT2D eigenvalue weighted by Gasteiger charge is -2.09. The molecule has 0 radical (unpaired) electrons. The van der Waals surface area contributed by atoms with Crippen molar-refractivity contribution in [3.63, 3.8) is 0 Å². The molecule has 1 aromatic heterocycles. The maximum Gasteiger partial charge on any atom is 0.201 e. The van der Waals surface area contributed by atoms with Crippen molar-refractivity contribution in [1.82, 2.24) is 0 Å². The first-order valence-electron chi connectivity index (χ1n) is 4.87. The van der Waals surface area contributed by atoms with Crippen LogP contribution in [-0.4, -0.2) is 17.0 Å². The van der Waals surface area contributed by atoms with Gasteiger partial charge in [0.05, 0.1) is 4.88 Å². The van der Waals surface area contributed by atoms with Crippen LogP contribution in [0.15, 0.2) is 17.5 Å². The highest BCUT2D eigenvalue weighted by molar-refractivity contribution is 7.12. The average Bonchev–Trinajstić information content (AvgIpc) is 2.65. The van der Waals surface area contributed by atoms with Crippen molar-refractivity contribution in [1.29, 1.82) is 0 Å². The van der Waals surface area contributed by atoms with Crippen LogP contribution in [0.5, 0.6) is 0 Å². The van der Waals surface area contributed by atoms with Crippen molar-refractivity contribution < 1.29 is 9.90 Å². The summed E-state index contributed by atoms with van der Waals surface area (Å²) in [7, 11) is 0. The molecule has 0 aliphatic rings. The summed E-state index contributed by atoms with van der Waals surface area (Å²) in [5.74, 6) is 0.390. The minimum atomic E-state index is -0.823. The van der Waals surface area contributed by atoms with E-state index in [1.54, 1.807) is 6.07 Å². The highest BCUT2D eigenvalue weighted by Crippen LogP contribution is 2.15. The van der Waals surface area contributed by atoms with Gasteiger partial charge in [0.2, 0.25) is 5.78 Å². The van der Waals surface area contributed by atoms with Crippen molar-refractivity contribution in [2.75, 3.05) is 0 Å². The van der Waals surface area contributed by atoms with Crippen LogP contribution in [0.25, 0.3) is 0 Å². The number of aliphatic hydroxyl groups is 1. The number of ketones is 1. The summed E-state index contributed by atoms with van der Waals surface area (Å²) < 4.78 is 0. The maximum atomic E-state index is 11.6. The summed E-state index contributed by atoms with van der Waals surface area (Å²) in [6.45, 7) is 4.17. The first kappa shape index (κ1) is 11.4. The van der Waals surface area contributed by atoms with E-state index in [0.29, 0.717) is 17.2 Å². The van der Waals surface area contributed by atoms with Crippen molar-refractivity contribution in [2.45, 2.75) is 32.8 Å². The molecule has 1 heterocycles. The molecular weight excluding hydrogens is 196 g/mol. The Kier molecular flexibility index (Phi) is 4.29. The predicted octanol–water partition coefficient (Wildman–Crippen LogP) is 2.73. The lowest BCUT2D eigenvalue weighted by molar-refractivity contribution is 0.0724. The van der Waals surface area contributed by atoms with Crippen LogP contribution in [0.4, 0.5) is 0 Å². The van der Waals surface area contributed by atoms with Gasteiger partial charge < -0.3 is 5.11 Å². The molecule has 78 valence electrons. The topological polar surface area (TPSA) is 37.3 Å². The van der Waals surface area contributed by atoms with Crippen LogP contribution >= 0.6 is 11.3 Å². The van der Waals surface area contributed by atoms with E-state index in [1.807, 2.05) is 11.4 Å². The van der Waals surface area contributed by atoms with E-state index < -0.39 is 6.10 Å².